The van der Waals surface area contributed by atoms with Gasteiger partial charge in [0.25, 0.3) is 0 Å². The van der Waals surface area contributed by atoms with Gasteiger partial charge in [0.05, 0.1) is 24.8 Å². The first-order valence-corrected chi connectivity index (χ1v) is 10.7. The average Bonchev–Trinajstić information content (AvgIpc) is 2.83. The van der Waals surface area contributed by atoms with Crippen LogP contribution in [0.5, 0.6) is 0 Å². The summed E-state index contributed by atoms with van der Waals surface area (Å²) in [5.41, 5.74) is 6.71. The monoisotopic (exact) mass is 397 g/mol. The number of ether oxygens (including phenoxy) is 2. The zero-order valence-electron chi connectivity index (χ0n) is 17.4. The van der Waals surface area contributed by atoms with Crippen LogP contribution in [0, 0.1) is 11.3 Å². The Morgan fingerprint density at radius 2 is 1.37 bits per heavy atom. The van der Waals surface area contributed by atoms with E-state index in [4.69, 9.17) is 14.7 Å². The summed E-state index contributed by atoms with van der Waals surface area (Å²) in [6.07, 6.45) is 3.26. The summed E-state index contributed by atoms with van der Waals surface area (Å²) in [5, 5.41) is 8.92. The SMILES string of the molecule is CCCCc1ccc(-c2ccc(C3COC(c4ccc(C#N)cc4)OC3)cc2)cc1. The van der Waals surface area contributed by atoms with Gasteiger partial charge in [0.1, 0.15) is 0 Å². The van der Waals surface area contributed by atoms with Crippen molar-refractivity contribution in [3.63, 3.8) is 0 Å². The van der Waals surface area contributed by atoms with E-state index in [0.29, 0.717) is 18.8 Å². The van der Waals surface area contributed by atoms with Crippen LogP contribution in [0.3, 0.4) is 0 Å². The van der Waals surface area contributed by atoms with Crippen molar-refractivity contribution in [1.82, 2.24) is 0 Å². The number of rotatable bonds is 6. The molecule has 0 unspecified atom stereocenters. The van der Waals surface area contributed by atoms with Crippen LogP contribution < -0.4 is 0 Å². The largest absolute Gasteiger partial charge is 0.348 e. The second-order valence-corrected chi connectivity index (χ2v) is 7.85. The van der Waals surface area contributed by atoms with Crippen molar-refractivity contribution in [2.45, 2.75) is 38.4 Å². The van der Waals surface area contributed by atoms with Gasteiger partial charge in [0.15, 0.2) is 6.29 Å². The minimum Gasteiger partial charge on any atom is -0.348 e. The number of unbranched alkanes of at least 4 members (excludes halogenated alkanes) is 1. The molecule has 1 aliphatic rings. The van der Waals surface area contributed by atoms with Gasteiger partial charge in [-0.25, -0.2) is 0 Å². The van der Waals surface area contributed by atoms with Crippen molar-refractivity contribution in [2.24, 2.45) is 0 Å². The zero-order chi connectivity index (χ0) is 20.8. The molecule has 1 saturated heterocycles. The quantitative estimate of drug-likeness (QED) is 0.483. The van der Waals surface area contributed by atoms with Crippen LogP contribution in [-0.2, 0) is 15.9 Å². The first kappa shape index (κ1) is 20.3. The minimum atomic E-state index is -0.362. The highest BCUT2D eigenvalue weighted by atomic mass is 16.7. The van der Waals surface area contributed by atoms with Gasteiger partial charge < -0.3 is 9.47 Å². The molecular weight excluding hydrogens is 370 g/mol. The third-order valence-electron chi connectivity index (χ3n) is 5.70. The second kappa shape index (κ2) is 9.71. The fourth-order valence-corrected chi connectivity index (χ4v) is 3.80. The van der Waals surface area contributed by atoms with E-state index in [-0.39, 0.29) is 12.2 Å². The molecule has 0 bridgehead atoms. The van der Waals surface area contributed by atoms with E-state index in [0.717, 1.165) is 12.0 Å². The lowest BCUT2D eigenvalue weighted by atomic mass is 9.96. The van der Waals surface area contributed by atoms with Crippen molar-refractivity contribution in [1.29, 1.82) is 5.26 Å². The Morgan fingerprint density at radius 1 is 0.800 bits per heavy atom. The molecule has 0 aliphatic carbocycles. The number of hydrogen-bond acceptors (Lipinski definition) is 3. The van der Waals surface area contributed by atoms with Crippen LogP contribution in [0.15, 0.2) is 72.8 Å². The van der Waals surface area contributed by atoms with Crippen LogP contribution in [-0.4, -0.2) is 13.2 Å². The zero-order valence-corrected chi connectivity index (χ0v) is 17.4. The fraction of sp³-hybridized carbons (Fsp3) is 0.296. The molecule has 0 radical (unpaired) electrons. The molecule has 0 saturated carbocycles. The molecule has 3 nitrogen and oxygen atoms in total. The third kappa shape index (κ3) is 4.79. The van der Waals surface area contributed by atoms with Gasteiger partial charge in [-0.1, -0.05) is 74.0 Å². The van der Waals surface area contributed by atoms with Crippen LogP contribution >= 0.6 is 0 Å². The van der Waals surface area contributed by atoms with Crippen molar-refractivity contribution in [3.05, 3.63) is 95.1 Å². The summed E-state index contributed by atoms with van der Waals surface area (Å²) in [7, 11) is 0. The molecule has 4 rings (SSSR count). The summed E-state index contributed by atoms with van der Waals surface area (Å²) < 4.78 is 11.9. The number of nitriles is 1. The maximum atomic E-state index is 8.92. The Balaban J connectivity index is 1.36. The van der Waals surface area contributed by atoms with E-state index < -0.39 is 0 Å². The third-order valence-corrected chi connectivity index (χ3v) is 5.70. The molecule has 1 fully saturated rings. The summed E-state index contributed by atoms with van der Waals surface area (Å²) >= 11 is 0. The number of nitrogens with zero attached hydrogens (tertiary/aromatic N) is 1. The lowest BCUT2D eigenvalue weighted by Crippen LogP contribution is -2.25. The Labute approximate surface area is 178 Å². The Hall–Kier alpha value is -2.93. The number of hydrogen-bond donors (Lipinski definition) is 0. The van der Waals surface area contributed by atoms with Crippen molar-refractivity contribution < 1.29 is 9.47 Å². The molecule has 1 aliphatic heterocycles. The number of benzene rings is 3. The average molecular weight is 398 g/mol. The van der Waals surface area contributed by atoms with Crippen molar-refractivity contribution in [2.75, 3.05) is 13.2 Å². The smallest absolute Gasteiger partial charge is 0.183 e. The Kier molecular flexibility index (Phi) is 6.59. The van der Waals surface area contributed by atoms with Gasteiger partial charge >= 0.3 is 0 Å². The Morgan fingerprint density at radius 3 is 1.93 bits per heavy atom. The number of aryl methyl sites for hydroxylation is 1. The highest BCUT2D eigenvalue weighted by Gasteiger charge is 2.24. The maximum Gasteiger partial charge on any atom is 0.183 e. The minimum absolute atomic E-state index is 0.227. The van der Waals surface area contributed by atoms with Gasteiger partial charge in [0, 0.05) is 11.5 Å². The molecule has 3 aromatic rings. The molecule has 0 spiro atoms. The molecule has 0 aromatic heterocycles. The topological polar surface area (TPSA) is 42.2 Å². The molecule has 1 heterocycles. The van der Waals surface area contributed by atoms with Gasteiger partial charge in [-0.05, 0) is 47.2 Å². The molecule has 152 valence electrons. The van der Waals surface area contributed by atoms with E-state index in [1.807, 2.05) is 12.1 Å². The van der Waals surface area contributed by atoms with Gasteiger partial charge in [-0.3, -0.25) is 0 Å². The summed E-state index contributed by atoms with van der Waals surface area (Å²) in [6, 6.07) is 27.2. The molecule has 3 aromatic carbocycles. The highest BCUT2D eigenvalue weighted by Crippen LogP contribution is 2.31. The van der Waals surface area contributed by atoms with Crippen LogP contribution in [0.4, 0.5) is 0 Å². The van der Waals surface area contributed by atoms with Crippen molar-refractivity contribution in [3.8, 4) is 17.2 Å². The van der Waals surface area contributed by atoms with Crippen LogP contribution in [0.1, 0.15) is 54.2 Å². The Bertz CT molecular complexity index is 977. The van der Waals surface area contributed by atoms with Gasteiger partial charge in [-0.2, -0.15) is 5.26 Å². The molecular formula is C27H27NO2. The summed E-state index contributed by atoms with van der Waals surface area (Å²) in [4.78, 5) is 0. The van der Waals surface area contributed by atoms with Gasteiger partial charge in [0.2, 0.25) is 0 Å². The predicted molar refractivity (Wildman–Crippen MR) is 119 cm³/mol. The second-order valence-electron chi connectivity index (χ2n) is 7.85. The molecule has 30 heavy (non-hydrogen) atoms. The first-order chi connectivity index (χ1) is 14.8. The molecule has 3 heteroatoms. The lowest BCUT2D eigenvalue weighted by molar-refractivity contribution is -0.191. The molecule has 0 N–H and O–H groups in total. The standard InChI is InChI=1S/C27H27NO2/c1-2-3-4-20-5-9-22(10-6-20)23-13-15-24(16-14-23)26-18-29-27(30-19-26)25-11-7-21(17-28)8-12-25/h5-16,26-27H,2-4,18-19H2,1H3. The molecule has 0 atom stereocenters. The van der Waals surface area contributed by atoms with Crippen molar-refractivity contribution >= 4 is 0 Å². The molecule has 0 amide bonds. The van der Waals surface area contributed by atoms with Crippen LogP contribution in [0.25, 0.3) is 11.1 Å². The van der Waals surface area contributed by atoms with E-state index in [2.05, 4.69) is 61.5 Å². The predicted octanol–water partition coefficient (Wildman–Crippen LogP) is 6.40. The van der Waals surface area contributed by atoms with E-state index in [1.165, 1.54) is 35.1 Å². The normalized spacial score (nSPS) is 18.7. The van der Waals surface area contributed by atoms with Gasteiger partial charge in [-0.15, -0.1) is 0 Å². The van der Waals surface area contributed by atoms with E-state index in [9.17, 15) is 0 Å². The van der Waals surface area contributed by atoms with Crippen LogP contribution in [0.2, 0.25) is 0 Å². The lowest BCUT2D eigenvalue weighted by Gasteiger charge is -2.30. The fourth-order valence-electron chi connectivity index (χ4n) is 3.80. The summed E-state index contributed by atoms with van der Waals surface area (Å²) in [6.45, 7) is 3.47. The first-order valence-electron chi connectivity index (χ1n) is 10.7. The summed E-state index contributed by atoms with van der Waals surface area (Å²) in [5.74, 6) is 0.227. The van der Waals surface area contributed by atoms with E-state index >= 15 is 0 Å². The maximum absolute atomic E-state index is 8.92. The van der Waals surface area contributed by atoms with E-state index in [1.54, 1.807) is 12.1 Å². The highest BCUT2D eigenvalue weighted by molar-refractivity contribution is 5.64.